The van der Waals surface area contributed by atoms with Crippen molar-refractivity contribution in [3.05, 3.63) is 35.7 Å². The van der Waals surface area contributed by atoms with Gasteiger partial charge in [0.1, 0.15) is 6.04 Å². The number of aryl methyl sites for hydroxylation is 1. The van der Waals surface area contributed by atoms with Gasteiger partial charge < -0.3 is 9.63 Å². The van der Waals surface area contributed by atoms with Crippen molar-refractivity contribution in [1.82, 2.24) is 15.0 Å². The van der Waals surface area contributed by atoms with Crippen LogP contribution in [0.3, 0.4) is 0 Å². The average molecular weight is 275 g/mol. The molecule has 0 saturated carbocycles. The molecule has 6 heteroatoms. The topological polar surface area (TPSA) is 79.5 Å². The summed E-state index contributed by atoms with van der Waals surface area (Å²) in [5.74, 6) is 0.0449. The number of carboxylic acids is 1. The van der Waals surface area contributed by atoms with E-state index in [1.54, 1.807) is 18.9 Å². The van der Waals surface area contributed by atoms with E-state index in [-0.39, 0.29) is 0 Å². The summed E-state index contributed by atoms with van der Waals surface area (Å²) in [6.07, 6.45) is 0. The standard InChI is InChI=1S/C14H17N3O3/c1-9-6-4-5-7-11(9)13-15-12(16-20-13)8-17(3)10(2)14(18)19/h4-7,10H,8H2,1-3H3,(H,18,19)/t10-/m0/s1. The molecule has 1 atom stereocenters. The molecule has 0 aliphatic heterocycles. The molecule has 0 saturated heterocycles. The first-order valence-electron chi connectivity index (χ1n) is 6.30. The molecule has 1 heterocycles. The van der Waals surface area contributed by atoms with E-state index >= 15 is 0 Å². The molecule has 0 aliphatic rings. The Morgan fingerprint density at radius 3 is 2.80 bits per heavy atom. The van der Waals surface area contributed by atoms with Crippen LogP contribution in [0.2, 0.25) is 0 Å². The summed E-state index contributed by atoms with van der Waals surface area (Å²) in [4.78, 5) is 16.9. The van der Waals surface area contributed by atoms with Crippen LogP contribution in [-0.4, -0.2) is 39.2 Å². The Morgan fingerprint density at radius 2 is 2.15 bits per heavy atom. The number of benzene rings is 1. The third kappa shape index (κ3) is 3.03. The molecule has 106 valence electrons. The summed E-state index contributed by atoms with van der Waals surface area (Å²) in [5.41, 5.74) is 1.94. The average Bonchev–Trinajstić information content (AvgIpc) is 2.86. The van der Waals surface area contributed by atoms with Crippen LogP contribution in [0.4, 0.5) is 0 Å². The minimum Gasteiger partial charge on any atom is -0.480 e. The van der Waals surface area contributed by atoms with Crippen LogP contribution in [0.15, 0.2) is 28.8 Å². The predicted molar refractivity (Wildman–Crippen MR) is 73.0 cm³/mol. The molecule has 2 rings (SSSR count). The fraction of sp³-hybridized carbons (Fsp3) is 0.357. The third-order valence-electron chi connectivity index (χ3n) is 3.25. The highest BCUT2D eigenvalue weighted by atomic mass is 16.5. The molecule has 0 bridgehead atoms. The maximum atomic E-state index is 10.9. The fourth-order valence-electron chi connectivity index (χ4n) is 1.79. The van der Waals surface area contributed by atoms with E-state index in [1.807, 2.05) is 31.2 Å². The maximum Gasteiger partial charge on any atom is 0.320 e. The Morgan fingerprint density at radius 1 is 1.45 bits per heavy atom. The van der Waals surface area contributed by atoms with Crippen molar-refractivity contribution < 1.29 is 14.4 Å². The number of aliphatic carboxylic acids is 1. The van der Waals surface area contributed by atoms with Crippen LogP contribution < -0.4 is 0 Å². The highest BCUT2D eigenvalue weighted by Gasteiger charge is 2.19. The minimum atomic E-state index is -0.880. The van der Waals surface area contributed by atoms with Gasteiger partial charge in [-0.2, -0.15) is 4.98 Å². The summed E-state index contributed by atoms with van der Waals surface area (Å²) in [7, 11) is 1.71. The van der Waals surface area contributed by atoms with E-state index in [1.165, 1.54) is 0 Å². The summed E-state index contributed by atoms with van der Waals surface area (Å²) in [6.45, 7) is 3.91. The van der Waals surface area contributed by atoms with Crippen molar-refractivity contribution in [3.63, 3.8) is 0 Å². The molecule has 2 aromatic rings. The van der Waals surface area contributed by atoms with Gasteiger partial charge in [-0.15, -0.1) is 0 Å². The van der Waals surface area contributed by atoms with Gasteiger partial charge in [-0.05, 0) is 32.5 Å². The van der Waals surface area contributed by atoms with Gasteiger partial charge in [0.25, 0.3) is 5.89 Å². The van der Waals surface area contributed by atoms with E-state index in [9.17, 15) is 4.79 Å². The second kappa shape index (κ2) is 5.83. The number of rotatable bonds is 5. The molecule has 1 aromatic carbocycles. The monoisotopic (exact) mass is 275 g/mol. The first-order valence-corrected chi connectivity index (χ1v) is 6.30. The first kappa shape index (κ1) is 14.2. The Kier molecular flexibility index (Phi) is 4.14. The molecular weight excluding hydrogens is 258 g/mol. The predicted octanol–water partition coefficient (Wildman–Crippen LogP) is 1.95. The Balaban J connectivity index is 2.14. The van der Waals surface area contributed by atoms with E-state index < -0.39 is 12.0 Å². The number of likely N-dealkylation sites (N-methyl/N-ethyl adjacent to an activating group) is 1. The SMILES string of the molecule is Cc1ccccc1-c1nc(CN(C)[C@@H](C)C(=O)O)no1. The van der Waals surface area contributed by atoms with Crippen LogP contribution in [0, 0.1) is 6.92 Å². The first-order chi connectivity index (χ1) is 9.49. The van der Waals surface area contributed by atoms with E-state index in [4.69, 9.17) is 9.63 Å². The number of nitrogens with zero attached hydrogens (tertiary/aromatic N) is 3. The lowest BCUT2D eigenvalue weighted by Gasteiger charge is -2.18. The van der Waals surface area contributed by atoms with Gasteiger partial charge in [0.05, 0.1) is 6.54 Å². The van der Waals surface area contributed by atoms with Crippen LogP contribution in [0.1, 0.15) is 18.3 Å². The molecule has 20 heavy (non-hydrogen) atoms. The summed E-state index contributed by atoms with van der Waals surface area (Å²) in [5, 5.41) is 12.8. The van der Waals surface area contributed by atoms with Gasteiger partial charge in [0.2, 0.25) is 0 Å². The molecule has 0 aliphatic carbocycles. The van der Waals surface area contributed by atoms with Gasteiger partial charge in [0.15, 0.2) is 5.82 Å². The summed E-state index contributed by atoms with van der Waals surface area (Å²) >= 11 is 0. The Bertz CT molecular complexity index is 609. The smallest absolute Gasteiger partial charge is 0.320 e. The van der Waals surface area contributed by atoms with Crippen LogP contribution in [-0.2, 0) is 11.3 Å². The number of carbonyl (C=O) groups is 1. The number of hydrogen-bond acceptors (Lipinski definition) is 5. The number of hydrogen-bond donors (Lipinski definition) is 1. The quantitative estimate of drug-likeness (QED) is 0.898. The van der Waals surface area contributed by atoms with Crippen molar-refractivity contribution in [2.24, 2.45) is 0 Å². The van der Waals surface area contributed by atoms with E-state index in [2.05, 4.69) is 10.1 Å². The highest BCUT2D eigenvalue weighted by molar-refractivity contribution is 5.72. The largest absolute Gasteiger partial charge is 0.480 e. The van der Waals surface area contributed by atoms with Gasteiger partial charge in [-0.3, -0.25) is 9.69 Å². The van der Waals surface area contributed by atoms with Crippen molar-refractivity contribution in [2.75, 3.05) is 7.05 Å². The van der Waals surface area contributed by atoms with Crippen molar-refractivity contribution in [1.29, 1.82) is 0 Å². The second-order valence-electron chi connectivity index (χ2n) is 4.76. The minimum absolute atomic E-state index is 0.322. The lowest BCUT2D eigenvalue weighted by Crippen LogP contribution is -2.35. The second-order valence-corrected chi connectivity index (χ2v) is 4.76. The zero-order valence-corrected chi connectivity index (χ0v) is 11.7. The van der Waals surface area contributed by atoms with E-state index in [0.29, 0.717) is 18.3 Å². The van der Waals surface area contributed by atoms with Crippen molar-refractivity contribution in [2.45, 2.75) is 26.4 Å². The molecule has 6 nitrogen and oxygen atoms in total. The number of aromatic nitrogens is 2. The van der Waals surface area contributed by atoms with E-state index in [0.717, 1.165) is 11.1 Å². The molecule has 0 amide bonds. The molecular formula is C14H17N3O3. The fourth-order valence-corrected chi connectivity index (χ4v) is 1.79. The van der Waals surface area contributed by atoms with Crippen molar-refractivity contribution >= 4 is 5.97 Å². The molecule has 0 unspecified atom stereocenters. The highest BCUT2D eigenvalue weighted by Crippen LogP contribution is 2.21. The lowest BCUT2D eigenvalue weighted by atomic mass is 10.1. The summed E-state index contributed by atoms with van der Waals surface area (Å²) in [6, 6.07) is 7.13. The number of carboxylic acid groups (broad SMARTS) is 1. The summed E-state index contributed by atoms with van der Waals surface area (Å²) < 4.78 is 5.24. The van der Waals surface area contributed by atoms with Gasteiger partial charge in [0, 0.05) is 5.56 Å². The van der Waals surface area contributed by atoms with Gasteiger partial charge in [-0.1, -0.05) is 23.4 Å². The molecule has 0 fully saturated rings. The van der Waals surface area contributed by atoms with Crippen LogP contribution in [0.25, 0.3) is 11.5 Å². The normalized spacial score (nSPS) is 12.6. The van der Waals surface area contributed by atoms with Gasteiger partial charge in [-0.25, -0.2) is 0 Å². The van der Waals surface area contributed by atoms with Crippen molar-refractivity contribution in [3.8, 4) is 11.5 Å². The molecule has 0 spiro atoms. The van der Waals surface area contributed by atoms with Crippen LogP contribution >= 0.6 is 0 Å². The zero-order chi connectivity index (χ0) is 14.7. The third-order valence-corrected chi connectivity index (χ3v) is 3.25. The van der Waals surface area contributed by atoms with Crippen LogP contribution in [0.5, 0.6) is 0 Å². The molecule has 1 N–H and O–H groups in total. The van der Waals surface area contributed by atoms with Gasteiger partial charge >= 0.3 is 5.97 Å². The Labute approximate surface area is 117 Å². The zero-order valence-electron chi connectivity index (χ0n) is 11.7. The lowest BCUT2D eigenvalue weighted by molar-refractivity contribution is -0.142. The molecule has 1 aromatic heterocycles. The Hall–Kier alpha value is -2.21. The molecule has 0 radical (unpaired) electrons. The maximum absolute atomic E-state index is 10.9.